The monoisotopic (exact) mass is 251 g/mol. The van der Waals surface area contributed by atoms with Crippen LogP contribution in [0.1, 0.15) is 30.5 Å². The molecule has 2 rings (SSSR count). The Hall–Kier alpha value is -0.710. The maximum absolute atomic E-state index is 4.64. The summed E-state index contributed by atoms with van der Waals surface area (Å²) < 4.78 is 0. The van der Waals surface area contributed by atoms with Crippen LogP contribution in [0.5, 0.6) is 0 Å². The van der Waals surface area contributed by atoms with Gasteiger partial charge in [0.05, 0.1) is 5.69 Å². The molecule has 0 atom stereocenters. The van der Waals surface area contributed by atoms with E-state index in [0.29, 0.717) is 0 Å². The van der Waals surface area contributed by atoms with E-state index in [4.69, 9.17) is 0 Å². The zero-order valence-corrected chi connectivity index (χ0v) is 11.5. The minimum atomic E-state index is 0.758. The fourth-order valence-corrected chi connectivity index (χ4v) is 2.55. The standard InChI is InChI=1S/C13H21N3S/c1-10(2)7-16(3)8-12-9-17-13(15-12)6-14-11-4-5-11/h9,11,14H,1,4-8H2,2-3H3. The second kappa shape index (κ2) is 5.76. The lowest BCUT2D eigenvalue weighted by molar-refractivity contribution is 0.351. The molecule has 1 N–H and O–H groups in total. The van der Waals surface area contributed by atoms with Crippen LogP contribution in [0.4, 0.5) is 0 Å². The molecule has 94 valence electrons. The summed E-state index contributed by atoms with van der Waals surface area (Å²) in [6, 6.07) is 0.758. The molecule has 0 aromatic carbocycles. The SMILES string of the molecule is C=C(C)CN(C)Cc1csc(CNC2CC2)n1. The highest BCUT2D eigenvalue weighted by atomic mass is 32.1. The minimum Gasteiger partial charge on any atom is -0.308 e. The molecule has 0 saturated heterocycles. The Bertz CT molecular complexity index is 382. The van der Waals surface area contributed by atoms with Gasteiger partial charge in [-0.1, -0.05) is 12.2 Å². The third kappa shape index (κ3) is 4.58. The minimum absolute atomic E-state index is 0.758. The van der Waals surface area contributed by atoms with Crippen LogP contribution in [-0.2, 0) is 13.1 Å². The first-order chi connectivity index (χ1) is 8.13. The van der Waals surface area contributed by atoms with Crippen molar-refractivity contribution in [3.8, 4) is 0 Å². The maximum atomic E-state index is 4.64. The summed E-state index contributed by atoms with van der Waals surface area (Å²) in [6.07, 6.45) is 2.67. The molecule has 3 nitrogen and oxygen atoms in total. The van der Waals surface area contributed by atoms with Gasteiger partial charge >= 0.3 is 0 Å². The lowest BCUT2D eigenvalue weighted by atomic mass is 10.3. The van der Waals surface area contributed by atoms with Crippen molar-refractivity contribution in [2.45, 2.75) is 38.9 Å². The van der Waals surface area contributed by atoms with Crippen molar-refractivity contribution in [1.82, 2.24) is 15.2 Å². The lowest BCUT2D eigenvalue weighted by Gasteiger charge is -2.14. The average molecular weight is 251 g/mol. The van der Waals surface area contributed by atoms with Gasteiger partial charge in [-0.2, -0.15) is 0 Å². The number of nitrogens with one attached hydrogen (secondary N) is 1. The quantitative estimate of drug-likeness (QED) is 0.754. The van der Waals surface area contributed by atoms with Crippen molar-refractivity contribution in [3.05, 3.63) is 28.2 Å². The first kappa shape index (κ1) is 12.7. The highest BCUT2D eigenvalue weighted by Crippen LogP contribution is 2.20. The van der Waals surface area contributed by atoms with Crippen LogP contribution in [0, 0.1) is 0 Å². The Morgan fingerprint density at radius 1 is 1.65 bits per heavy atom. The van der Waals surface area contributed by atoms with Crippen LogP contribution in [0.3, 0.4) is 0 Å². The topological polar surface area (TPSA) is 28.2 Å². The normalized spacial score (nSPS) is 15.5. The van der Waals surface area contributed by atoms with E-state index >= 15 is 0 Å². The van der Waals surface area contributed by atoms with E-state index in [1.807, 2.05) is 0 Å². The maximum Gasteiger partial charge on any atom is 0.107 e. The molecule has 1 aliphatic rings. The molecular formula is C13H21N3S. The molecule has 0 spiro atoms. The summed E-state index contributed by atoms with van der Waals surface area (Å²) in [4.78, 5) is 6.89. The number of rotatable bonds is 7. The summed E-state index contributed by atoms with van der Waals surface area (Å²) in [5.41, 5.74) is 2.37. The van der Waals surface area contributed by atoms with Crippen LogP contribution in [0.15, 0.2) is 17.5 Å². The van der Waals surface area contributed by atoms with E-state index in [2.05, 4.69) is 41.1 Å². The molecule has 1 aromatic heterocycles. The van der Waals surface area contributed by atoms with Gasteiger partial charge in [0.1, 0.15) is 5.01 Å². The Kier molecular flexibility index (Phi) is 4.31. The average Bonchev–Trinajstić information content (AvgIpc) is 2.96. The summed E-state index contributed by atoms with van der Waals surface area (Å²) in [6.45, 7) is 8.76. The van der Waals surface area contributed by atoms with Crippen LogP contribution in [0.2, 0.25) is 0 Å². The second-order valence-corrected chi connectivity index (χ2v) is 5.96. The highest BCUT2D eigenvalue weighted by molar-refractivity contribution is 7.09. The molecule has 1 saturated carbocycles. The van der Waals surface area contributed by atoms with E-state index in [1.165, 1.54) is 29.1 Å². The molecule has 0 amide bonds. The predicted octanol–water partition coefficient (Wildman–Crippen LogP) is 2.40. The smallest absolute Gasteiger partial charge is 0.107 e. The number of likely N-dealkylation sites (N-methyl/N-ethyl adjacent to an activating group) is 1. The molecular weight excluding hydrogens is 230 g/mol. The highest BCUT2D eigenvalue weighted by Gasteiger charge is 2.20. The van der Waals surface area contributed by atoms with Gasteiger partial charge in [-0.15, -0.1) is 11.3 Å². The largest absolute Gasteiger partial charge is 0.308 e. The fraction of sp³-hybridized carbons (Fsp3) is 0.615. The molecule has 0 unspecified atom stereocenters. The Morgan fingerprint density at radius 3 is 3.06 bits per heavy atom. The Labute approximate surface area is 108 Å². The summed E-state index contributed by atoms with van der Waals surface area (Å²) in [5.74, 6) is 0. The first-order valence-electron chi connectivity index (χ1n) is 6.13. The van der Waals surface area contributed by atoms with Gasteiger partial charge in [-0.25, -0.2) is 4.98 Å². The van der Waals surface area contributed by atoms with E-state index in [-0.39, 0.29) is 0 Å². The summed E-state index contributed by atoms with van der Waals surface area (Å²) in [7, 11) is 2.11. The van der Waals surface area contributed by atoms with Gasteiger partial charge in [0, 0.05) is 31.1 Å². The van der Waals surface area contributed by atoms with Crippen molar-refractivity contribution < 1.29 is 0 Å². The number of aromatic nitrogens is 1. The van der Waals surface area contributed by atoms with E-state index < -0.39 is 0 Å². The molecule has 17 heavy (non-hydrogen) atoms. The van der Waals surface area contributed by atoms with Crippen LogP contribution in [0.25, 0.3) is 0 Å². The Balaban J connectivity index is 1.77. The lowest BCUT2D eigenvalue weighted by Crippen LogP contribution is -2.20. The predicted molar refractivity (Wildman–Crippen MR) is 73.1 cm³/mol. The van der Waals surface area contributed by atoms with Crippen molar-refractivity contribution in [2.24, 2.45) is 0 Å². The second-order valence-electron chi connectivity index (χ2n) is 5.02. The number of hydrogen-bond acceptors (Lipinski definition) is 4. The van der Waals surface area contributed by atoms with Crippen molar-refractivity contribution in [3.63, 3.8) is 0 Å². The molecule has 0 bridgehead atoms. The zero-order valence-electron chi connectivity index (χ0n) is 10.7. The third-order valence-corrected chi connectivity index (χ3v) is 3.59. The molecule has 1 fully saturated rings. The van der Waals surface area contributed by atoms with Crippen molar-refractivity contribution in [1.29, 1.82) is 0 Å². The van der Waals surface area contributed by atoms with Crippen molar-refractivity contribution >= 4 is 11.3 Å². The van der Waals surface area contributed by atoms with Gasteiger partial charge in [0.2, 0.25) is 0 Å². The molecule has 0 aliphatic heterocycles. The molecule has 1 aliphatic carbocycles. The van der Waals surface area contributed by atoms with Gasteiger partial charge in [-0.3, -0.25) is 4.90 Å². The van der Waals surface area contributed by atoms with Crippen LogP contribution in [-0.4, -0.2) is 29.5 Å². The van der Waals surface area contributed by atoms with E-state index in [1.54, 1.807) is 11.3 Å². The van der Waals surface area contributed by atoms with Gasteiger partial charge < -0.3 is 5.32 Å². The molecule has 4 heteroatoms. The third-order valence-electron chi connectivity index (χ3n) is 2.69. The molecule has 0 radical (unpaired) electrons. The van der Waals surface area contributed by atoms with E-state index in [9.17, 15) is 0 Å². The van der Waals surface area contributed by atoms with Crippen molar-refractivity contribution in [2.75, 3.05) is 13.6 Å². The van der Waals surface area contributed by atoms with Gasteiger partial charge in [-0.05, 0) is 26.8 Å². The van der Waals surface area contributed by atoms with Gasteiger partial charge in [0.15, 0.2) is 0 Å². The number of thiazole rings is 1. The Morgan fingerprint density at radius 2 is 2.41 bits per heavy atom. The summed E-state index contributed by atoms with van der Waals surface area (Å²) in [5, 5.41) is 6.86. The first-order valence-corrected chi connectivity index (χ1v) is 7.01. The zero-order chi connectivity index (χ0) is 12.3. The number of hydrogen-bond donors (Lipinski definition) is 1. The van der Waals surface area contributed by atoms with Crippen LogP contribution < -0.4 is 5.32 Å². The van der Waals surface area contributed by atoms with Gasteiger partial charge in [0.25, 0.3) is 0 Å². The molecule has 1 aromatic rings. The fourth-order valence-electron chi connectivity index (χ4n) is 1.82. The molecule has 1 heterocycles. The van der Waals surface area contributed by atoms with Crippen LogP contribution >= 0.6 is 11.3 Å². The number of nitrogens with zero attached hydrogens (tertiary/aromatic N) is 2. The summed E-state index contributed by atoms with van der Waals surface area (Å²) >= 11 is 1.76. The van der Waals surface area contributed by atoms with E-state index in [0.717, 1.165) is 25.7 Å².